The van der Waals surface area contributed by atoms with E-state index < -0.39 is 17.3 Å². The highest BCUT2D eigenvalue weighted by Crippen LogP contribution is 2.39. The average molecular weight is 354 g/mol. The van der Waals surface area contributed by atoms with Gasteiger partial charge in [-0.15, -0.1) is 0 Å². The highest BCUT2D eigenvalue weighted by atomic mass is 35.5. The molecule has 120 valence electrons. The number of thioether (sulfide) groups is 1. The van der Waals surface area contributed by atoms with Gasteiger partial charge < -0.3 is 9.88 Å². The number of nitrogens with one attached hydrogen (secondary N) is 1. The second-order valence-corrected chi connectivity index (χ2v) is 6.35. The molecule has 0 fully saturated rings. The number of nitrogens with zero attached hydrogens (tertiary/aromatic N) is 2. The van der Waals surface area contributed by atoms with Crippen LogP contribution in [0.15, 0.2) is 28.2 Å². The molecule has 0 saturated carbocycles. The van der Waals surface area contributed by atoms with E-state index in [9.17, 15) is 14.0 Å². The summed E-state index contributed by atoms with van der Waals surface area (Å²) >= 11 is 7.41. The number of amides is 1. The van der Waals surface area contributed by atoms with Gasteiger partial charge in [0.05, 0.1) is 5.56 Å². The molecule has 3 rings (SSSR count). The lowest BCUT2D eigenvalue weighted by atomic mass is 9.86. The predicted octanol–water partition coefficient (Wildman–Crippen LogP) is 2.77. The summed E-state index contributed by atoms with van der Waals surface area (Å²) in [7, 11) is 1.70. The van der Waals surface area contributed by atoms with Crippen molar-refractivity contribution in [3.8, 4) is 0 Å². The first-order valence-corrected chi connectivity index (χ1v) is 8.43. The number of carbonyl (C=O) groups excluding carboxylic acids is 1. The third-order valence-electron chi connectivity index (χ3n) is 3.83. The van der Waals surface area contributed by atoms with E-state index in [1.54, 1.807) is 23.9 Å². The molecular formula is C15H13ClFN3O2S. The topological polar surface area (TPSA) is 64.0 Å². The van der Waals surface area contributed by atoms with Crippen molar-refractivity contribution in [2.45, 2.75) is 17.5 Å². The van der Waals surface area contributed by atoms with Gasteiger partial charge in [-0.3, -0.25) is 9.59 Å². The van der Waals surface area contributed by atoms with Gasteiger partial charge in [-0.1, -0.05) is 29.4 Å². The van der Waals surface area contributed by atoms with E-state index >= 15 is 0 Å². The Morgan fingerprint density at radius 1 is 1.39 bits per heavy atom. The number of carbonyl (C=O) groups is 1. The largest absolute Gasteiger partial charge is 0.312 e. The fourth-order valence-corrected chi connectivity index (χ4v) is 3.64. The monoisotopic (exact) mass is 353 g/mol. The van der Waals surface area contributed by atoms with Crippen LogP contribution >= 0.6 is 23.4 Å². The normalized spacial score (nSPS) is 16.9. The van der Waals surface area contributed by atoms with Gasteiger partial charge >= 0.3 is 0 Å². The number of benzene rings is 1. The molecule has 0 saturated heterocycles. The van der Waals surface area contributed by atoms with Crippen LogP contribution in [0.2, 0.25) is 5.02 Å². The van der Waals surface area contributed by atoms with E-state index in [2.05, 4.69) is 10.3 Å². The molecule has 2 aromatic rings. The van der Waals surface area contributed by atoms with Gasteiger partial charge in [-0.25, -0.2) is 4.39 Å². The molecule has 0 bridgehead atoms. The van der Waals surface area contributed by atoms with E-state index in [0.717, 1.165) is 0 Å². The van der Waals surface area contributed by atoms with Crippen LogP contribution in [0.4, 0.5) is 10.2 Å². The Bertz CT molecular complexity index is 848. The third-order valence-corrected chi connectivity index (χ3v) is 4.89. The number of hydrogen-bond donors (Lipinski definition) is 1. The second kappa shape index (κ2) is 5.98. The lowest BCUT2D eigenvalue weighted by molar-refractivity contribution is -0.116. The summed E-state index contributed by atoms with van der Waals surface area (Å²) in [5.74, 6) is -1.25. The van der Waals surface area contributed by atoms with Crippen molar-refractivity contribution >= 4 is 35.1 Å². The van der Waals surface area contributed by atoms with Crippen LogP contribution in [0.25, 0.3) is 0 Å². The quantitative estimate of drug-likeness (QED) is 0.666. The van der Waals surface area contributed by atoms with E-state index in [1.807, 2.05) is 0 Å². The summed E-state index contributed by atoms with van der Waals surface area (Å²) in [5, 5.41) is 3.34. The minimum atomic E-state index is -0.755. The molecule has 0 radical (unpaired) electrons. The number of aromatic nitrogens is 2. The average Bonchev–Trinajstić information content (AvgIpc) is 2.50. The Hall–Kier alpha value is -1.86. The summed E-state index contributed by atoms with van der Waals surface area (Å²) in [6.45, 7) is 0. The zero-order chi connectivity index (χ0) is 16.7. The summed E-state index contributed by atoms with van der Waals surface area (Å²) in [5.41, 5.74) is -0.0651. The SMILES string of the molecule is CSc1nc(=O)c2c(n1C)NC(=O)C[C@@H]2c1c(F)cccc1Cl. The molecule has 0 aliphatic carbocycles. The highest BCUT2D eigenvalue weighted by molar-refractivity contribution is 7.98. The van der Waals surface area contributed by atoms with Crippen LogP contribution in [0.3, 0.4) is 0 Å². The minimum Gasteiger partial charge on any atom is -0.312 e. The van der Waals surface area contributed by atoms with Crippen LogP contribution < -0.4 is 10.9 Å². The zero-order valence-electron chi connectivity index (χ0n) is 12.4. The van der Waals surface area contributed by atoms with Gasteiger partial charge in [-0.2, -0.15) is 4.98 Å². The third kappa shape index (κ3) is 2.64. The molecule has 0 unspecified atom stereocenters. The van der Waals surface area contributed by atoms with E-state index in [0.29, 0.717) is 11.0 Å². The maximum Gasteiger partial charge on any atom is 0.279 e. The van der Waals surface area contributed by atoms with Gasteiger partial charge in [-0.05, 0) is 18.4 Å². The summed E-state index contributed by atoms with van der Waals surface area (Å²) < 4.78 is 15.9. The van der Waals surface area contributed by atoms with Gasteiger partial charge in [0.1, 0.15) is 11.6 Å². The van der Waals surface area contributed by atoms with Gasteiger partial charge in [0.15, 0.2) is 5.16 Å². The van der Waals surface area contributed by atoms with Gasteiger partial charge in [0, 0.05) is 30.0 Å². The Morgan fingerprint density at radius 2 is 2.13 bits per heavy atom. The lowest BCUT2D eigenvalue weighted by Crippen LogP contribution is -2.33. The number of rotatable bonds is 2. The molecule has 2 heterocycles. The molecule has 1 aromatic carbocycles. The number of hydrogen-bond acceptors (Lipinski definition) is 4. The first kappa shape index (κ1) is 16.0. The molecule has 23 heavy (non-hydrogen) atoms. The maximum atomic E-state index is 14.3. The van der Waals surface area contributed by atoms with Crippen molar-refractivity contribution in [2.75, 3.05) is 11.6 Å². The van der Waals surface area contributed by atoms with Crippen molar-refractivity contribution in [3.63, 3.8) is 0 Å². The van der Waals surface area contributed by atoms with Crippen molar-refractivity contribution in [2.24, 2.45) is 7.05 Å². The Balaban J connectivity index is 2.30. The fourth-order valence-electron chi connectivity index (χ4n) is 2.81. The Kier molecular flexibility index (Phi) is 4.16. The summed E-state index contributed by atoms with van der Waals surface area (Å²) in [4.78, 5) is 28.5. The molecule has 1 aliphatic rings. The Morgan fingerprint density at radius 3 is 2.78 bits per heavy atom. The molecule has 1 amide bonds. The van der Waals surface area contributed by atoms with Crippen LogP contribution in [-0.4, -0.2) is 21.7 Å². The zero-order valence-corrected chi connectivity index (χ0v) is 14.0. The maximum absolute atomic E-state index is 14.3. The lowest BCUT2D eigenvalue weighted by Gasteiger charge is -2.28. The van der Waals surface area contributed by atoms with Crippen LogP contribution in [0.1, 0.15) is 23.5 Å². The molecule has 1 atom stereocenters. The Labute approximate surface area is 140 Å². The number of halogens is 2. The van der Waals surface area contributed by atoms with Crippen LogP contribution in [-0.2, 0) is 11.8 Å². The van der Waals surface area contributed by atoms with Gasteiger partial charge in [0.2, 0.25) is 5.91 Å². The van der Waals surface area contributed by atoms with Crippen LogP contribution in [0.5, 0.6) is 0 Å². The molecular weight excluding hydrogens is 341 g/mol. The van der Waals surface area contributed by atoms with Crippen molar-refractivity contribution in [1.82, 2.24) is 9.55 Å². The summed E-state index contributed by atoms with van der Waals surface area (Å²) in [6.07, 6.45) is 1.73. The molecule has 1 aromatic heterocycles. The molecule has 1 aliphatic heterocycles. The smallest absolute Gasteiger partial charge is 0.279 e. The predicted molar refractivity (Wildman–Crippen MR) is 87.8 cm³/mol. The first-order chi connectivity index (χ1) is 10.9. The first-order valence-electron chi connectivity index (χ1n) is 6.82. The second-order valence-electron chi connectivity index (χ2n) is 5.17. The van der Waals surface area contributed by atoms with E-state index in [4.69, 9.17) is 11.6 Å². The molecule has 8 heteroatoms. The van der Waals surface area contributed by atoms with E-state index in [1.165, 1.54) is 23.9 Å². The van der Waals surface area contributed by atoms with Gasteiger partial charge in [0.25, 0.3) is 5.56 Å². The molecule has 0 spiro atoms. The minimum absolute atomic E-state index is 0.0524. The number of fused-ring (bicyclic) bond motifs is 1. The number of anilines is 1. The van der Waals surface area contributed by atoms with Crippen molar-refractivity contribution < 1.29 is 9.18 Å². The highest BCUT2D eigenvalue weighted by Gasteiger charge is 2.34. The molecule has 5 nitrogen and oxygen atoms in total. The van der Waals surface area contributed by atoms with Crippen molar-refractivity contribution in [3.05, 3.63) is 50.5 Å². The van der Waals surface area contributed by atoms with Crippen LogP contribution in [0, 0.1) is 5.82 Å². The molecule has 1 N–H and O–H groups in total. The summed E-state index contributed by atoms with van der Waals surface area (Å²) in [6, 6.07) is 4.29. The standard InChI is InChI=1S/C15H13ClFN3O2S/c1-20-13-12(14(22)19-15(20)23-2)7(6-10(21)18-13)11-8(16)4-3-5-9(11)17/h3-5,7H,6H2,1-2H3,(H,18,21)/t7-/m1/s1. The van der Waals surface area contributed by atoms with Crippen molar-refractivity contribution in [1.29, 1.82) is 0 Å². The fraction of sp³-hybridized carbons (Fsp3) is 0.267. The van der Waals surface area contributed by atoms with E-state index in [-0.39, 0.29) is 28.5 Å².